The Morgan fingerprint density at radius 3 is 1.97 bits per heavy atom. The quantitative estimate of drug-likeness (QED) is 0.274. The van der Waals surface area contributed by atoms with Crippen molar-refractivity contribution in [3.8, 4) is 33.8 Å². The van der Waals surface area contributed by atoms with E-state index in [0.29, 0.717) is 28.0 Å². The maximum Gasteiger partial charge on any atom is 0.346 e. The summed E-state index contributed by atoms with van der Waals surface area (Å²) in [6.45, 7) is -0.169. The molecule has 0 saturated carbocycles. The number of hydrogen-bond acceptors (Lipinski definition) is 4. The van der Waals surface area contributed by atoms with Crippen molar-refractivity contribution in [3.63, 3.8) is 0 Å². The zero-order valence-electron chi connectivity index (χ0n) is 18.0. The molecule has 4 rings (SSSR count). The minimum absolute atomic E-state index is 0.0237. The van der Waals surface area contributed by atoms with E-state index in [4.69, 9.17) is 14.6 Å². The lowest BCUT2D eigenvalue weighted by molar-refractivity contribution is 0.0728. The predicted molar refractivity (Wildman–Crippen MR) is 121 cm³/mol. The number of esters is 1. The van der Waals surface area contributed by atoms with Crippen LogP contribution in [0.1, 0.15) is 15.9 Å². The lowest BCUT2D eigenvalue weighted by atomic mass is 10.0. The minimum atomic E-state index is -1.33. The predicted octanol–water partition coefficient (Wildman–Crippen LogP) is 6.16. The fraction of sp³-hybridized carbons (Fsp3) is 0.0741. The van der Waals surface area contributed by atoms with Gasteiger partial charge >= 0.3 is 5.97 Å². The maximum absolute atomic E-state index is 14.7. The third kappa shape index (κ3) is 4.65. The average molecular weight is 464 g/mol. The van der Waals surface area contributed by atoms with Crippen molar-refractivity contribution < 1.29 is 32.5 Å². The molecule has 0 bridgehead atoms. The molecule has 0 aliphatic carbocycles. The summed E-state index contributed by atoms with van der Waals surface area (Å²) in [6, 6.07) is 19.1. The van der Waals surface area contributed by atoms with Crippen LogP contribution in [0, 0.1) is 17.5 Å². The van der Waals surface area contributed by atoms with Crippen molar-refractivity contribution in [2.24, 2.45) is 0 Å². The highest BCUT2D eigenvalue weighted by atomic mass is 19.2. The van der Waals surface area contributed by atoms with E-state index >= 15 is 0 Å². The van der Waals surface area contributed by atoms with Crippen LogP contribution in [0.3, 0.4) is 0 Å². The largest absolute Gasteiger partial charge is 0.497 e. The van der Waals surface area contributed by atoms with Crippen LogP contribution in [0.2, 0.25) is 0 Å². The van der Waals surface area contributed by atoms with Crippen LogP contribution in [-0.4, -0.2) is 18.2 Å². The van der Waals surface area contributed by atoms with Crippen molar-refractivity contribution in [1.82, 2.24) is 0 Å². The zero-order chi connectivity index (χ0) is 24.2. The molecule has 0 radical (unpaired) electrons. The van der Waals surface area contributed by atoms with Crippen LogP contribution in [0.5, 0.6) is 11.5 Å². The van der Waals surface area contributed by atoms with Gasteiger partial charge in [-0.25, -0.2) is 18.0 Å². The number of hydrogen-bond donors (Lipinski definition) is 1. The molecule has 7 heteroatoms. The fourth-order valence-electron chi connectivity index (χ4n) is 3.44. The molecule has 0 heterocycles. The van der Waals surface area contributed by atoms with E-state index in [2.05, 4.69) is 0 Å². The van der Waals surface area contributed by atoms with Gasteiger partial charge in [-0.15, -0.1) is 0 Å². The van der Waals surface area contributed by atoms with Crippen LogP contribution >= 0.6 is 0 Å². The number of ether oxygens (including phenoxy) is 2. The maximum atomic E-state index is 14.7. The number of aliphatic hydroxyl groups excluding tert-OH is 1. The van der Waals surface area contributed by atoms with Gasteiger partial charge in [-0.2, -0.15) is 0 Å². The van der Waals surface area contributed by atoms with E-state index in [1.165, 1.54) is 31.4 Å². The molecule has 0 aliphatic heterocycles. The van der Waals surface area contributed by atoms with Gasteiger partial charge in [-0.3, -0.25) is 0 Å². The molecule has 4 nitrogen and oxygen atoms in total. The normalized spacial score (nSPS) is 10.7. The molecule has 0 saturated heterocycles. The standard InChI is InChI=1S/C27H19F3O4/c1-33-20-10-11-21(24(28)14-20)17-6-8-19(9-7-17)34-27(32)23-13-12-22(25(29)26(23)30)18-4-2-16(15-31)3-5-18/h2-14,31H,15H2,1H3. The second-order valence-electron chi connectivity index (χ2n) is 7.40. The topological polar surface area (TPSA) is 55.8 Å². The summed E-state index contributed by atoms with van der Waals surface area (Å²) in [5.41, 5.74) is 1.31. The highest BCUT2D eigenvalue weighted by Gasteiger charge is 2.21. The summed E-state index contributed by atoms with van der Waals surface area (Å²) in [5.74, 6) is -3.59. The molecule has 4 aromatic rings. The molecule has 0 atom stereocenters. The molecule has 34 heavy (non-hydrogen) atoms. The summed E-state index contributed by atoms with van der Waals surface area (Å²) in [6.07, 6.45) is 0. The van der Waals surface area contributed by atoms with E-state index in [1.54, 1.807) is 48.5 Å². The summed E-state index contributed by atoms with van der Waals surface area (Å²) in [5, 5.41) is 9.11. The minimum Gasteiger partial charge on any atom is -0.497 e. The Bertz CT molecular complexity index is 1330. The van der Waals surface area contributed by atoms with Gasteiger partial charge in [0.15, 0.2) is 11.6 Å². The molecule has 172 valence electrons. The first kappa shape index (κ1) is 23.1. The molecule has 0 spiro atoms. The van der Waals surface area contributed by atoms with Crippen LogP contribution in [0.25, 0.3) is 22.3 Å². The highest BCUT2D eigenvalue weighted by molar-refractivity contribution is 5.92. The number of aliphatic hydroxyl groups is 1. The third-order valence-electron chi connectivity index (χ3n) is 5.30. The first-order valence-corrected chi connectivity index (χ1v) is 10.3. The SMILES string of the molecule is COc1ccc(-c2ccc(OC(=O)c3ccc(-c4ccc(CO)cc4)c(F)c3F)cc2)c(F)c1. The van der Waals surface area contributed by atoms with Gasteiger partial charge in [0, 0.05) is 17.2 Å². The first-order valence-electron chi connectivity index (χ1n) is 10.3. The molecule has 0 aliphatic rings. The number of carbonyl (C=O) groups is 1. The first-order chi connectivity index (χ1) is 16.4. The Balaban J connectivity index is 1.53. The van der Waals surface area contributed by atoms with Gasteiger partial charge in [0.1, 0.15) is 17.3 Å². The average Bonchev–Trinajstić information content (AvgIpc) is 2.86. The van der Waals surface area contributed by atoms with Crippen LogP contribution < -0.4 is 9.47 Å². The molecule has 0 unspecified atom stereocenters. The summed E-state index contributed by atoms with van der Waals surface area (Å²) in [4.78, 5) is 12.5. The molecule has 0 fully saturated rings. The van der Waals surface area contributed by atoms with E-state index < -0.39 is 29.0 Å². The van der Waals surface area contributed by atoms with E-state index in [9.17, 15) is 18.0 Å². The van der Waals surface area contributed by atoms with Crippen LogP contribution in [0.4, 0.5) is 13.2 Å². The lowest BCUT2D eigenvalue weighted by Gasteiger charge is -2.10. The molecule has 4 aromatic carbocycles. The molecule has 0 amide bonds. The second-order valence-corrected chi connectivity index (χ2v) is 7.40. The summed E-state index contributed by atoms with van der Waals surface area (Å²) in [7, 11) is 1.44. The Morgan fingerprint density at radius 2 is 1.35 bits per heavy atom. The summed E-state index contributed by atoms with van der Waals surface area (Å²) >= 11 is 0. The highest BCUT2D eigenvalue weighted by Crippen LogP contribution is 2.30. The van der Waals surface area contributed by atoms with Gasteiger partial charge in [-0.05, 0) is 47.0 Å². The van der Waals surface area contributed by atoms with Crippen molar-refractivity contribution in [2.45, 2.75) is 6.61 Å². The summed E-state index contributed by atoms with van der Waals surface area (Å²) < 4.78 is 53.8. The number of benzene rings is 4. The van der Waals surface area contributed by atoms with Gasteiger partial charge in [-0.1, -0.05) is 42.5 Å². The van der Waals surface area contributed by atoms with Crippen LogP contribution in [0.15, 0.2) is 78.9 Å². The van der Waals surface area contributed by atoms with E-state index in [-0.39, 0.29) is 17.9 Å². The Labute approximate surface area is 193 Å². The van der Waals surface area contributed by atoms with E-state index in [1.807, 2.05) is 0 Å². The zero-order valence-corrected chi connectivity index (χ0v) is 18.0. The third-order valence-corrected chi connectivity index (χ3v) is 5.30. The number of carbonyl (C=O) groups excluding carboxylic acids is 1. The lowest BCUT2D eigenvalue weighted by Crippen LogP contribution is -2.12. The van der Waals surface area contributed by atoms with Crippen molar-refractivity contribution in [1.29, 1.82) is 0 Å². The molecular formula is C27H19F3O4. The Hall–Kier alpha value is -4.10. The van der Waals surface area contributed by atoms with Gasteiger partial charge in [0.05, 0.1) is 19.3 Å². The number of rotatable bonds is 6. The fourth-order valence-corrected chi connectivity index (χ4v) is 3.44. The molecule has 1 N–H and O–H groups in total. The van der Waals surface area contributed by atoms with Gasteiger partial charge < -0.3 is 14.6 Å². The van der Waals surface area contributed by atoms with Crippen molar-refractivity contribution >= 4 is 5.97 Å². The van der Waals surface area contributed by atoms with Gasteiger partial charge in [0.2, 0.25) is 0 Å². The number of methoxy groups -OCH3 is 1. The smallest absolute Gasteiger partial charge is 0.346 e. The Kier molecular flexibility index (Phi) is 6.65. The van der Waals surface area contributed by atoms with Gasteiger partial charge in [0.25, 0.3) is 0 Å². The molecule has 0 aromatic heterocycles. The second kappa shape index (κ2) is 9.80. The van der Waals surface area contributed by atoms with Crippen molar-refractivity contribution in [2.75, 3.05) is 7.11 Å². The Morgan fingerprint density at radius 1 is 0.765 bits per heavy atom. The monoisotopic (exact) mass is 464 g/mol. The van der Waals surface area contributed by atoms with Crippen LogP contribution in [-0.2, 0) is 6.61 Å². The van der Waals surface area contributed by atoms with E-state index in [0.717, 1.165) is 6.07 Å². The van der Waals surface area contributed by atoms with Crippen molar-refractivity contribution in [3.05, 3.63) is 107 Å². The number of halogens is 3. The molecular weight excluding hydrogens is 445 g/mol.